The van der Waals surface area contributed by atoms with Crippen molar-refractivity contribution < 1.29 is 4.79 Å². The van der Waals surface area contributed by atoms with E-state index in [1.165, 1.54) is 51.4 Å². The smallest absolute Gasteiger partial charge is 0.224 e. The van der Waals surface area contributed by atoms with E-state index in [4.69, 9.17) is 0 Å². The average Bonchev–Trinajstić information content (AvgIpc) is 3.08. The SMILES string of the molecule is O=C(CCn1ccnn1)N1CCC(CC2CCCCC2)CC1. The molecule has 122 valence electrons. The van der Waals surface area contributed by atoms with E-state index in [2.05, 4.69) is 10.3 Å². The van der Waals surface area contributed by atoms with Crippen LogP contribution in [0.4, 0.5) is 0 Å². The third-order valence-electron chi connectivity index (χ3n) is 5.39. The minimum absolute atomic E-state index is 0.270. The Morgan fingerprint density at radius 2 is 1.77 bits per heavy atom. The third kappa shape index (κ3) is 4.31. The van der Waals surface area contributed by atoms with Gasteiger partial charge >= 0.3 is 0 Å². The summed E-state index contributed by atoms with van der Waals surface area (Å²) in [6, 6.07) is 0. The molecule has 1 aromatic heterocycles. The lowest BCUT2D eigenvalue weighted by atomic mass is 9.80. The van der Waals surface area contributed by atoms with E-state index in [0.29, 0.717) is 13.0 Å². The van der Waals surface area contributed by atoms with Crippen LogP contribution in [0.1, 0.15) is 57.8 Å². The van der Waals surface area contributed by atoms with E-state index < -0.39 is 0 Å². The molecule has 1 saturated heterocycles. The summed E-state index contributed by atoms with van der Waals surface area (Å²) >= 11 is 0. The molecule has 2 heterocycles. The predicted octanol–water partition coefficient (Wildman–Crippen LogP) is 2.88. The summed E-state index contributed by atoms with van der Waals surface area (Å²) in [5, 5.41) is 7.67. The second-order valence-electron chi connectivity index (χ2n) is 6.98. The predicted molar refractivity (Wildman–Crippen MR) is 85.1 cm³/mol. The maximum Gasteiger partial charge on any atom is 0.224 e. The first kappa shape index (κ1) is 15.5. The van der Waals surface area contributed by atoms with Crippen LogP contribution in [-0.4, -0.2) is 38.9 Å². The highest BCUT2D eigenvalue weighted by atomic mass is 16.2. The molecule has 2 fully saturated rings. The van der Waals surface area contributed by atoms with Gasteiger partial charge in [0, 0.05) is 25.7 Å². The number of nitrogens with zero attached hydrogens (tertiary/aromatic N) is 4. The second-order valence-corrected chi connectivity index (χ2v) is 6.98. The topological polar surface area (TPSA) is 51.0 Å². The lowest BCUT2D eigenvalue weighted by Crippen LogP contribution is -2.39. The summed E-state index contributed by atoms with van der Waals surface area (Å²) < 4.78 is 1.73. The summed E-state index contributed by atoms with van der Waals surface area (Å²) in [6.07, 6.45) is 15.0. The van der Waals surface area contributed by atoms with Crippen molar-refractivity contribution in [2.45, 2.75) is 64.3 Å². The van der Waals surface area contributed by atoms with Crippen LogP contribution in [0.15, 0.2) is 12.4 Å². The molecule has 22 heavy (non-hydrogen) atoms. The van der Waals surface area contributed by atoms with Crippen LogP contribution in [0.2, 0.25) is 0 Å². The average molecular weight is 304 g/mol. The Kier molecular flexibility index (Phi) is 5.46. The number of hydrogen-bond acceptors (Lipinski definition) is 3. The zero-order valence-electron chi connectivity index (χ0n) is 13.5. The second kappa shape index (κ2) is 7.75. The van der Waals surface area contributed by atoms with Crippen LogP contribution < -0.4 is 0 Å². The minimum Gasteiger partial charge on any atom is -0.343 e. The number of carbonyl (C=O) groups excluding carboxylic acids is 1. The first-order chi connectivity index (χ1) is 10.8. The molecule has 5 nitrogen and oxygen atoms in total. The Labute approximate surface area is 133 Å². The first-order valence-corrected chi connectivity index (χ1v) is 8.93. The Morgan fingerprint density at radius 1 is 1.05 bits per heavy atom. The maximum atomic E-state index is 12.3. The maximum absolute atomic E-state index is 12.3. The van der Waals surface area contributed by atoms with Crippen molar-refractivity contribution >= 4 is 5.91 Å². The van der Waals surface area contributed by atoms with Crippen LogP contribution in [0.3, 0.4) is 0 Å². The Morgan fingerprint density at radius 3 is 2.45 bits per heavy atom. The molecule has 5 heteroatoms. The largest absolute Gasteiger partial charge is 0.343 e. The highest BCUT2D eigenvalue weighted by molar-refractivity contribution is 5.76. The van der Waals surface area contributed by atoms with Crippen LogP contribution in [0.25, 0.3) is 0 Å². The minimum atomic E-state index is 0.270. The van der Waals surface area contributed by atoms with E-state index in [1.54, 1.807) is 10.9 Å². The van der Waals surface area contributed by atoms with E-state index in [-0.39, 0.29) is 5.91 Å². The van der Waals surface area contributed by atoms with E-state index in [0.717, 1.165) is 24.9 Å². The van der Waals surface area contributed by atoms with Gasteiger partial charge in [-0.05, 0) is 31.1 Å². The van der Waals surface area contributed by atoms with Crippen LogP contribution >= 0.6 is 0 Å². The van der Waals surface area contributed by atoms with Gasteiger partial charge in [-0.2, -0.15) is 0 Å². The molecule has 1 aromatic rings. The molecule has 0 bridgehead atoms. The normalized spacial score (nSPS) is 21.2. The molecule has 0 radical (unpaired) electrons. The molecule has 0 aromatic carbocycles. The van der Waals surface area contributed by atoms with Gasteiger partial charge in [-0.25, -0.2) is 0 Å². The highest BCUT2D eigenvalue weighted by Gasteiger charge is 2.25. The lowest BCUT2D eigenvalue weighted by Gasteiger charge is -2.34. The molecule has 1 aliphatic carbocycles. The van der Waals surface area contributed by atoms with Crippen molar-refractivity contribution in [1.29, 1.82) is 0 Å². The van der Waals surface area contributed by atoms with Crippen molar-refractivity contribution in [3.63, 3.8) is 0 Å². The number of hydrogen-bond donors (Lipinski definition) is 0. The molecule has 2 aliphatic rings. The Bertz CT molecular complexity index is 445. The molecule has 0 atom stereocenters. The highest BCUT2D eigenvalue weighted by Crippen LogP contribution is 2.32. The number of amides is 1. The lowest BCUT2D eigenvalue weighted by molar-refractivity contribution is -0.132. The van der Waals surface area contributed by atoms with Gasteiger partial charge in [-0.1, -0.05) is 37.3 Å². The molecule has 1 amide bonds. The standard InChI is InChI=1S/C17H28N4O/c22-17(8-12-21-13-9-18-19-21)20-10-6-16(7-11-20)14-15-4-2-1-3-5-15/h9,13,15-16H,1-8,10-12,14H2. The number of aryl methyl sites for hydroxylation is 1. The van der Waals surface area contributed by atoms with Crippen LogP contribution in [0.5, 0.6) is 0 Å². The van der Waals surface area contributed by atoms with Crippen LogP contribution in [0, 0.1) is 11.8 Å². The van der Waals surface area contributed by atoms with Crippen LogP contribution in [-0.2, 0) is 11.3 Å². The summed E-state index contributed by atoms with van der Waals surface area (Å²) in [7, 11) is 0. The van der Waals surface area contributed by atoms with E-state index in [9.17, 15) is 4.79 Å². The van der Waals surface area contributed by atoms with Gasteiger partial charge < -0.3 is 4.90 Å². The van der Waals surface area contributed by atoms with Crippen molar-refractivity contribution in [2.75, 3.05) is 13.1 Å². The molecule has 3 rings (SSSR count). The molecular formula is C17H28N4O. The molecule has 0 N–H and O–H groups in total. The van der Waals surface area contributed by atoms with E-state index >= 15 is 0 Å². The van der Waals surface area contributed by atoms with Crippen molar-refractivity contribution in [3.8, 4) is 0 Å². The Hall–Kier alpha value is -1.39. The van der Waals surface area contributed by atoms with Crippen molar-refractivity contribution in [2.24, 2.45) is 11.8 Å². The fourth-order valence-electron chi connectivity index (χ4n) is 4.03. The number of piperidine rings is 1. The third-order valence-corrected chi connectivity index (χ3v) is 5.39. The van der Waals surface area contributed by atoms with Gasteiger partial charge in [-0.15, -0.1) is 5.10 Å². The fraction of sp³-hybridized carbons (Fsp3) is 0.824. The molecule has 0 spiro atoms. The van der Waals surface area contributed by atoms with Gasteiger partial charge in [0.05, 0.1) is 12.7 Å². The van der Waals surface area contributed by atoms with Crippen molar-refractivity contribution in [3.05, 3.63) is 12.4 Å². The fourth-order valence-corrected chi connectivity index (χ4v) is 4.03. The summed E-state index contributed by atoms with van der Waals surface area (Å²) in [5.41, 5.74) is 0. The molecule has 1 aliphatic heterocycles. The molecule has 1 saturated carbocycles. The quantitative estimate of drug-likeness (QED) is 0.840. The Balaban J connectivity index is 1.36. The zero-order valence-corrected chi connectivity index (χ0v) is 13.5. The van der Waals surface area contributed by atoms with Crippen molar-refractivity contribution in [1.82, 2.24) is 19.9 Å². The first-order valence-electron chi connectivity index (χ1n) is 8.93. The number of rotatable bonds is 5. The number of carbonyl (C=O) groups is 1. The zero-order chi connectivity index (χ0) is 15.2. The summed E-state index contributed by atoms with van der Waals surface area (Å²) in [5.74, 6) is 2.09. The monoisotopic (exact) mass is 304 g/mol. The summed E-state index contributed by atoms with van der Waals surface area (Å²) in [6.45, 7) is 2.54. The number of aromatic nitrogens is 3. The van der Waals surface area contributed by atoms with Gasteiger partial charge in [0.15, 0.2) is 0 Å². The van der Waals surface area contributed by atoms with E-state index in [1.807, 2.05) is 11.1 Å². The van der Waals surface area contributed by atoms with Gasteiger partial charge in [0.2, 0.25) is 5.91 Å². The molecular weight excluding hydrogens is 276 g/mol. The number of likely N-dealkylation sites (tertiary alicyclic amines) is 1. The van der Waals surface area contributed by atoms with Gasteiger partial charge in [-0.3, -0.25) is 9.48 Å². The van der Waals surface area contributed by atoms with Gasteiger partial charge in [0.1, 0.15) is 0 Å². The molecule has 0 unspecified atom stereocenters. The van der Waals surface area contributed by atoms with Gasteiger partial charge in [0.25, 0.3) is 0 Å². The summed E-state index contributed by atoms with van der Waals surface area (Å²) in [4.78, 5) is 14.3.